The fraction of sp³-hybridized carbons (Fsp3) is 0.125. The average Bonchev–Trinajstić information content (AvgIpc) is 2.78. The number of hydrogen-bond donors (Lipinski definition) is 2. The largest absolute Gasteiger partial charge is 0.453 e. The summed E-state index contributed by atoms with van der Waals surface area (Å²) in [6.45, 7) is 0.878. The van der Waals surface area contributed by atoms with Crippen molar-refractivity contribution < 1.29 is 24.2 Å². The van der Waals surface area contributed by atoms with Crippen LogP contribution >= 0.6 is 0 Å². The maximum Gasteiger partial charge on any atom is 0.348 e. The van der Waals surface area contributed by atoms with Crippen molar-refractivity contribution in [2.45, 2.75) is 12.5 Å². The normalized spacial score (nSPS) is 10.9. The lowest BCUT2D eigenvalue weighted by Crippen LogP contribution is -2.39. The van der Waals surface area contributed by atoms with Gasteiger partial charge in [0.05, 0.1) is 0 Å². The Hall–Kier alpha value is -3.77. The summed E-state index contributed by atoms with van der Waals surface area (Å²) < 4.78 is 5.16. The highest BCUT2D eigenvalue weighted by atomic mass is 16.6. The number of Topliss-reactive ketones (excluding diaryl/α,β-unsaturated/α-hetero) is 1. The molecule has 0 aliphatic rings. The van der Waals surface area contributed by atoms with Crippen LogP contribution in [0.1, 0.15) is 28.4 Å². The molecule has 6 nitrogen and oxygen atoms in total. The van der Waals surface area contributed by atoms with Gasteiger partial charge in [0.1, 0.15) is 0 Å². The van der Waals surface area contributed by atoms with Gasteiger partial charge in [0.15, 0.2) is 12.4 Å². The molecule has 0 saturated heterocycles. The molecular weight excluding hydrogens is 382 g/mol. The maximum absolute atomic E-state index is 12.9. The van der Waals surface area contributed by atoms with E-state index in [0.717, 1.165) is 0 Å². The summed E-state index contributed by atoms with van der Waals surface area (Å²) in [6.07, 6.45) is 0. The van der Waals surface area contributed by atoms with Gasteiger partial charge in [-0.25, -0.2) is 4.79 Å². The molecular formula is C24H21NO5. The van der Waals surface area contributed by atoms with Crippen molar-refractivity contribution >= 4 is 23.3 Å². The van der Waals surface area contributed by atoms with Crippen LogP contribution in [0.4, 0.5) is 5.69 Å². The van der Waals surface area contributed by atoms with Gasteiger partial charge in [-0.3, -0.25) is 9.59 Å². The number of rotatable bonds is 7. The van der Waals surface area contributed by atoms with Gasteiger partial charge >= 0.3 is 5.97 Å². The van der Waals surface area contributed by atoms with Gasteiger partial charge in [-0.1, -0.05) is 60.7 Å². The monoisotopic (exact) mass is 403 g/mol. The molecule has 152 valence electrons. The van der Waals surface area contributed by atoms with Crippen LogP contribution in [0.5, 0.6) is 0 Å². The summed E-state index contributed by atoms with van der Waals surface area (Å²) in [4.78, 5) is 36.4. The van der Waals surface area contributed by atoms with Gasteiger partial charge in [-0.05, 0) is 42.3 Å². The first-order chi connectivity index (χ1) is 14.4. The molecule has 0 bridgehead atoms. The summed E-state index contributed by atoms with van der Waals surface area (Å²) in [5, 5.41) is 13.9. The van der Waals surface area contributed by atoms with Crippen molar-refractivity contribution in [3.8, 4) is 0 Å². The standard InChI is InChI=1S/C24H21NO5/c1-17(26)18-12-14-21(15-13-18)25-22(27)16-30-23(28)24(29,19-8-4-2-5-9-19)20-10-6-3-7-11-20/h2-15,29H,16H2,1H3,(H,25,27). The molecule has 0 atom stereocenters. The van der Waals surface area contributed by atoms with Gasteiger partial charge in [0, 0.05) is 11.3 Å². The third-order valence-corrected chi connectivity index (χ3v) is 4.59. The lowest BCUT2D eigenvalue weighted by atomic mass is 9.86. The van der Waals surface area contributed by atoms with Gasteiger partial charge in [0.2, 0.25) is 5.60 Å². The minimum atomic E-state index is -2.05. The predicted molar refractivity (Wildman–Crippen MR) is 112 cm³/mol. The molecule has 0 unspecified atom stereocenters. The van der Waals surface area contributed by atoms with Gasteiger partial charge in [-0.15, -0.1) is 0 Å². The SMILES string of the molecule is CC(=O)c1ccc(NC(=O)COC(=O)C(O)(c2ccccc2)c2ccccc2)cc1. The third kappa shape index (κ3) is 4.61. The van der Waals surface area contributed by atoms with Crippen LogP contribution in [0.2, 0.25) is 0 Å². The molecule has 0 spiro atoms. The van der Waals surface area contributed by atoms with E-state index in [1.54, 1.807) is 84.9 Å². The van der Waals surface area contributed by atoms with E-state index < -0.39 is 24.1 Å². The Balaban J connectivity index is 1.72. The Morgan fingerprint density at radius 2 is 1.33 bits per heavy atom. The van der Waals surface area contributed by atoms with E-state index in [9.17, 15) is 19.5 Å². The van der Waals surface area contributed by atoms with E-state index >= 15 is 0 Å². The summed E-state index contributed by atoms with van der Waals surface area (Å²) in [6, 6.07) is 23.2. The lowest BCUT2D eigenvalue weighted by Gasteiger charge is -2.26. The number of hydrogen-bond acceptors (Lipinski definition) is 5. The van der Waals surface area contributed by atoms with Crippen LogP contribution in [-0.4, -0.2) is 29.4 Å². The summed E-state index contributed by atoms with van der Waals surface area (Å²) in [5.74, 6) is -1.60. The van der Waals surface area contributed by atoms with Crippen LogP contribution in [0.25, 0.3) is 0 Å². The number of nitrogens with one attached hydrogen (secondary N) is 1. The van der Waals surface area contributed by atoms with Gasteiger partial charge in [0.25, 0.3) is 5.91 Å². The van der Waals surface area contributed by atoms with Crippen molar-refractivity contribution in [2.75, 3.05) is 11.9 Å². The molecule has 3 aromatic rings. The van der Waals surface area contributed by atoms with Crippen LogP contribution in [-0.2, 0) is 19.9 Å². The van der Waals surface area contributed by atoms with Crippen LogP contribution in [0.15, 0.2) is 84.9 Å². The van der Waals surface area contributed by atoms with Gasteiger partial charge < -0.3 is 15.2 Å². The fourth-order valence-electron chi connectivity index (χ4n) is 2.98. The molecule has 2 N–H and O–H groups in total. The molecule has 0 saturated carbocycles. The number of ether oxygens (including phenoxy) is 1. The van der Waals surface area contributed by atoms with Crippen molar-refractivity contribution in [1.29, 1.82) is 0 Å². The van der Waals surface area contributed by atoms with E-state index in [-0.39, 0.29) is 5.78 Å². The Labute approximate surface area is 174 Å². The lowest BCUT2D eigenvalue weighted by molar-refractivity contribution is -0.163. The van der Waals surface area contributed by atoms with E-state index in [0.29, 0.717) is 22.4 Å². The topological polar surface area (TPSA) is 92.7 Å². The Kier molecular flexibility index (Phi) is 6.39. The van der Waals surface area contributed by atoms with E-state index in [4.69, 9.17) is 4.74 Å². The molecule has 30 heavy (non-hydrogen) atoms. The van der Waals surface area contributed by atoms with Crippen molar-refractivity contribution in [3.63, 3.8) is 0 Å². The number of amides is 1. The van der Waals surface area contributed by atoms with Crippen molar-refractivity contribution in [2.24, 2.45) is 0 Å². The number of esters is 1. The number of benzene rings is 3. The second-order valence-electron chi connectivity index (χ2n) is 6.70. The number of ketones is 1. The summed E-state index contributed by atoms with van der Waals surface area (Å²) in [7, 11) is 0. The Bertz CT molecular complexity index is 991. The first-order valence-corrected chi connectivity index (χ1v) is 9.33. The fourth-order valence-corrected chi connectivity index (χ4v) is 2.98. The van der Waals surface area contributed by atoms with Crippen molar-refractivity contribution in [1.82, 2.24) is 0 Å². The number of carbonyl (C=O) groups is 3. The minimum absolute atomic E-state index is 0.0806. The van der Waals surface area contributed by atoms with Crippen LogP contribution in [0, 0.1) is 0 Å². The molecule has 0 heterocycles. The molecule has 0 radical (unpaired) electrons. The quantitative estimate of drug-likeness (QED) is 0.466. The Morgan fingerprint density at radius 1 is 0.833 bits per heavy atom. The molecule has 1 amide bonds. The summed E-state index contributed by atoms with van der Waals surface area (Å²) in [5.41, 5.74) is -0.396. The highest BCUT2D eigenvalue weighted by Gasteiger charge is 2.41. The highest BCUT2D eigenvalue weighted by Crippen LogP contribution is 2.31. The molecule has 0 fully saturated rings. The predicted octanol–water partition coefficient (Wildman–Crippen LogP) is 3.31. The zero-order chi connectivity index (χ0) is 21.6. The first kappa shape index (κ1) is 21.0. The Morgan fingerprint density at radius 3 is 1.80 bits per heavy atom. The van der Waals surface area contributed by atoms with E-state index in [2.05, 4.69) is 5.32 Å². The zero-order valence-corrected chi connectivity index (χ0v) is 16.4. The van der Waals surface area contributed by atoms with E-state index in [1.165, 1.54) is 6.92 Å². The second-order valence-corrected chi connectivity index (χ2v) is 6.70. The molecule has 3 rings (SSSR count). The number of aliphatic hydroxyl groups is 1. The van der Waals surface area contributed by atoms with Gasteiger partial charge in [-0.2, -0.15) is 0 Å². The molecule has 3 aromatic carbocycles. The number of carbonyl (C=O) groups excluding carboxylic acids is 3. The van der Waals surface area contributed by atoms with Crippen molar-refractivity contribution in [3.05, 3.63) is 102 Å². The molecule has 0 aliphatic heterocycles. The molecule has 0 aliphatic carbocycles. The number of anilines is 1. The smallest absolute Gasteiger partial charge is 0.348 e. The highest BCUT2D eigenvalue weighted by molar-refractivity contribution is 5.96. The second kappa shape index (κ2) is 9.15. The zero-order valence-electron chi connectivity index (χ0n) is 16.4. The van der Waals surface area contributed by atoms with E-state index in [1.807, 2.05) is 0 Å². The molecule has 0 aromatic heterocycles. The van der Waals surface area contributed by atoms with Crippen LogP contribution < -0.4 is 5.32 Å². The molecule has 6 heteroatoms. The maximum atomic E-state index is 12.9. The summed E-state index contributed by atoms with van der Waals surface area (Å²) >= 11 is 0. The average molecular weight is 403 g/mol. The minimum Gasteiger partial charge on any atom is -0.453 e. The van der Waals surface area contributed by atoms with Crippen LogP contribution in [0.3, 0.4) is 0 Å². The first-order valence-electron chi connectivity index (χ1n) is 9.33. The third-order valence-electron chi connectivity index (χ3n) is 4.59.